The number of hydrogen-bond donors (Lipinski definition) is 0. The normalized spacial score (nSPS) is 12.3. The Morgan fingerprint density at radius 2 is 1.74 bits per heavy atom. The SMILES string of the molecule is Cc1cc(CCCCCCCS(=O)(=O)C(C)C)cc2ccsc12. The van der Waals surface area contributed by atoms with Crippen LogP contribution in [0.25, 0.3) is 10.1 Å². The number of benzene rings is 1. The van der Waals surface area contributed by atoms with Gasteiger partial charge in [-0.3, -0.25) is 0 Å². The molecule has 0 bridgehead atoms. The number of unbranched alkanes of at least 4 members (excludes halogenated alkanes) is 4. The smallest absolute Gasteiger partial charge is 0.152 e. The molecule has 0 atom stereocenters. The fraction of sp³-hybridized carbons (Fsp3) is 0.579. The molecule has 4 heteroatoms. The molecule has 23 heavy (non-hydrogen) atoms. The second-order valence-electron chi connectivity index (χ2n) is 6.69. The van der Waals surface area contributed by atoms with Crippen LogP contribution in [0.1, 0.15) is 57.1 Å². The third kappa shape index (κ3) is 5.32. The largest absolute Gasteiger partial charge is 0.229 e. The monoisotopic (exact) mass is 352 g/mol. The van der Waals surface area contributed by atoms with E-state index in [1.165, 1.54) is 34.1 Å². The Kier molecular flexibility index (Phi) is 6.66. The highest BCUT2D eigenvalue weighted by atomic mass is 32.2. The molecule has 0 saturated carbocycles. The topological polar surface area (TPSA) is 34.1 Å². The molecule has 0 aliphatic rings. The average Bonchev–Trinajstić information content (AvgIpc) is 2.95. The Morgan fingerprint density at radius 1 is 1.04 bits per heavy atom. The lowest BCUT2D eigenvalue weighted by molar-refractivity contribution is 0.577. The average molecular weight is 353 g/mol. The first-order valence-corrected chi connectivity index (χ1v) is 11.2. The first-order chi connectivity index (χ1) is 10.9. The van der Waals surface area contributed by atoms with Gasteiger partial charge in [0.2, 0.25) is 0 Å². The molecule has 0 saturated heterocycles. The fourth-order valence-corrected chi connectivity index (χ4v) is 4.82. The van der Waals surface area contributed by atoms with Crippen LogP contribution in [0.3, 0.4) is 0 Å². The van der Waals surface area contributed by atoms with Gasteiger partial charge in [-0.2, -0.15) is 0 Å². The van der Waals surface area contributed by atoms with Crippen molar-refractivity contribution in [3.05, 3.63) is 34.7 Å². The van der Waals surface area contributed by atoms with Crippen molar-refractivity contribution in [1.29, 1.82) is 0 Å². The van der Waals surface area contributed by atoms with Crippen LogP contribution in [-0.2, 0) is 16.3 Å². The number of sulfone groups is 1. The molecule has 1 aromatic heterocycles. The highest BCUT2D eigenvalue weighted by molar-refractivity contribution is 7.91. The van der Waals surface area contributed by atoms with E-state index in [0.717, 1.165) is 25.7 Å². The van der Waals surface area contributed by atoms with Gasteiger partial charge in [0.25, 0.3) is 0 Å². The zero-order valence-electron chi connectivity index (χ0n) is 14.5. The molecule has 1 aromatic carbocycles. The summed E-state index contributed by atoms with van der Waals surface area (Å²) >= 11 is 1.81. The van der Waals surface area contributed by atoms with Crippen LogP contribution in [0, 0.1) is 6.92 Å². The summed E-state index contributed by atoms with van der Waals surface area (Å²) < 4.78 is 24.8. The Morgan fingerprint density at radius 3 is 2.48 bits per heavy atom. The van der Waals surface area contributed by atoms with E-state index in [1.807, 2.05) is 11.3 Å². The summed E-state index contributed by atoms with van der Waals surface area (Å²) in [4.78, 5) is 0. The van der Waals surface area contributed by atoms with E-state index in [4.69, 9.17) is 0 Å². The van der Waals surface area contributed by atoms with Crippen LogP contribution in [0.5, 0.6) is 0 Å². The molecule has 2 rings (SSSR count). The van der Waals surface area contributed by atoms with Crippen molar-refractivity contribution in [2.24, 2.45) is 0 Å². The Balaban J connectivity index is 1.67. The van der Waals surface area contributed by atoms with Gasteiger partial charge in [-0.1, -0.05) is 31.4 Å². The van der Waals surface area contributed by atoms with Gasteiger partial charge in [0.15, 0.2) is 9.84 Å². The second-order valence-corrected chi connectivity index (χ2v) is 10.3. The first kappa shape index (κ1) is 18.5. The van der Waals surface area contributed by atoms with Gasteiger partial charge < -0.3 is 0 Å². The third-order valence-corrected chi connectivity index (χ3v) is 7.77. The van der Waals surface area contributed by atoms with Gasteiger partial charge in [-0.15, -0.1) is 11.3 Å². The molecule has 0 fully saturated rings. The number of hydrogen-bond acceptors (Lipinski definition) is 3. The summed E-state index contributed by atoms with van der Waals surface area (Å²) in [5.41, 5.74) is 2.81. The summed E-state index contributed by atoms with van der Waals surface area (Å²) in [6, 6.07) is 6.83. The minimum Gasteiger partial charge on any atom is -0.229 e. The third-order valence-electron chi connectivity index (χ3n) is 4.41. The summed E-state index contributed by atoms with van der Waals surface area (Å²) in [5.74, 6) is 0.346. The van der Waals surface area contributed by atoms with E-state index in [0.29, 0.717) is 5.75 Å². The zero-order valence-corrected chi connectivity index (χ0v) is 16.1. The minimum atomic E-state index is -2.85. The lowest BCUT2D eigenvalue weighted by Gasteiger charge is -2.07. The lowest BCUT2D eigenvalue weighted by Crippen LogP contribution is -2.17. The minimum absolute atomic E-state index is 0.238. The molecule has 0 spiro atoms. The Bertz CT molecular complexity index is 727. The van der Waals surface area contributed by atoms with Crippen LogP contribution in [0.15, 0.2) is 23.6 Å². The molecule has 0 aliphatic carbocycles. The van der Waals surface area contributed by atoms with Crippen LogP contribution >= 0.6 is 11.3 Å². The van der Waals surface area contributed by atoms with Gasteiger partial charge in [-0.05, 0) is 68.0 Å². The van der Waals surface area contributed by atoms with Gasteiger partial charge in [-0.25, -0.2) is 8.42 Å². The molecular weight excluding hydrogens is 324 g/mol. The maximum atomic E-state index is 11.7. The summed E-state index contributed by atoms with van der Waals surface area (Å²) in [6.07, 6.45) is 6.45. The van der Waals surface area contributed by atoms with Crippen LogP contribution in [0.2, 0.25) is 0 Å². The molecule has 2 nitrogen and oxygen atoms in total. The van der Waals surface area contributed by atoms with Gasteiger partial charge in [0, 0.05) is 4.70 Å². The Labute approximate surface area is 144 Å². The molecule has 1 heterocycles. The molecule has 128 valence electrons. The van der Waals surface area contributed by atoms with Crippen molar-refractivity contribution in [2.45, 2.75) is 64.5 Å². The van der Waals surface area contributed by atoms with Crippen molar-refractivity contribution in [3.8, 4) is 0 Å². The molecule has 0 radical (unpaired) electrons. The van der Waals surface area contributed by atoms with E-state index in [9.17, 15) is 8.42 Å². The summed E-state index contributed by atoms with van der Waals surface area (Å²) in [7, 11) is -2.85. The highest BCUT2D eigenvalue weighted by Crippen LogP contribution is 2.26. The van der Waals surface area contributed by atoms with Gasteiger partial charge in [0.05, 0.1) is 11.0 Å². The van der Waals surface area contributed by atoms with Crippen molar-refractivity contribution in [3.63, 3.8) is 0 Å². The maximum Gasteiger partial charge on any atom is 0.152 e. The Hall–Kier alpha value is -0.870. The quantitative estimate of drug-likeness (QED) is 0.556. The van der Waals surface area contributed by atoms with E-state index in [2.05, 4.69) is 30.5 Å². The fourth-order valence-electron chi connectivity index (χ4n) is 2.88. The van der Waals surface area contributed by atoms with Crippen LogP contribution in [-0.4, -0.2) is 19.4 Å². The molecule has 0 amide bonds. The molecule has 0 unspecified atom stereocenters. The highest BCUT2D eigenvalue weighted by Gasteiger charge is 2.14. The van der Waals surface area contributed by atoms with Crippen molar-refractivity contribution in [1.82, 2.24) is 0 Å². The molecule has 0 aliphatic heterocycles. The maximum absolute atomic E-state index is 11.7. The number of fused-ring (bicyclic) bond motifs is 1. The van der Waals surface area contributed by atoms with Crippen LogP contribution < -0.4 is 0 Å². The number of rotatable bonds is 9. The van der Waals surface area contributed by atoms with Gasteiger partial charge in [0.1, 0.15) is 0 Å². The molecule has 0 N–H and O–H groups in total. The molecule has 2 aromatic rings. The van der Waals surface area contributed by atoms with Crippen molar-refractivity contribution in [2.75, 3.05) is 5.75 Å². The van der Waals surface area contributed by atoms with Crippen LogP contribution in [0.4, 0.5) is 0 Å². The second kappa shape index (κ2) is 8.29. The number of thiophene rings is 1. The first-order valence-electron chi connectivity index (χ1n) is 8.58. The van der Waals surface area contributed by atoms with Crippen molar-refractivity contribution >= 4 is 31.3 Å². The zero-order chi connectivity index (χ0) is 16.9. The van der Waals surface area contributed by atoms with Crippen molar-refractivity contribution < 1.29 is 8.42 Å². The van der Waals surface area contributed by atoms with E-state index in [-0.39, 0.29) is 5.25 Å². The lowest BCUT2D eigenvalue weighted by atomic mass is 10.0. The van der Waals surface area contributed by atoms with E-state index in [1.54, 1.807) is 13.8 Å². The predicted molar refractivity (Wildman–Crippen MR) is 102 cm³/mol. The van der Waals surface area contributed by atoms with E-state index < -0.39 is 9.84 Å². The standard InChI is InChI=1S/C19H28O2S2/c1-15(2)23(20,21)12-8-6-4-5-7-9-17-13-16(3)19-18(14-17)10-11-22-19/h10-11,13-15H,4-9,12H2,1-3H3. The predicted octanol–water partition coefficient (Wildman–Crippen LogP) is 5.53. The van der Waals surface area contributed by atoms with Gasteiger partial charge >= 0.3 is 0 Å². The summed E-state index contributed by atoms with van der Waals surface area (Å²) in [6.45, 7) is 5.72. The number of aryl methyl sites for hydroxylation is 2. The van der Waals surface area contributed by atoms with E-state index >= 15 is 0 Å². The summed E-state index contributed by atoms with van der Waals surface area (Å²) in [5, 5.41) is 3.29. The molecular formula is C19H28O2S2.